The summed E-state index contributed by atoms with van der Waals surface area (Å²) in [6.07, 6.45) is -3.17. The molecule has 0 unspecified atom stereocenters. The molecule has 1 aliphatic heterocycles. The molecule has 2 rings (SSSR count). The van der Waals surface area contributed by atoms with Crippen LogP contribution in [0.2, 0.25) is 0 Å². The van der Waals surface area contributed by atoms with E-state index in [9.17, 15) is 18.0 Å². The lowest BCUT2D eigenvalue weighted by atomic mass is 9.78. The van der Waals surface area contributed by atoms with Gasteiger partial charge in [0.05, 0.1) is 0 Å². The van der Waals surface area contributed by atoms with Crippen LogP contribution < -0.4 is 4.90 Å². The van der Waals surface area contributed by atoms with Gasteiger partial charge in [-0.15, -0.1) is 0 Å². The number of aliphatic carboxylic acids is 1. The molecule has 1 aromatic carbocycles. The molecule has 0 saturated carbocycles. The van der Waals surface area contributed by atoms with E-state index in [1.165, 1.54) is 18.2 Å². The number of rotatable bonds is 3. The van der Waals surface area contributed by atoms with E-state index in [2.05, 4.69) is 0 Å². The highest BCUT2D eigenvalue weighted by molar-refractivity contribution is 5.75. The summed E-state index contributed by atoms with van der Waals surface area (Å²) < 4.78 is 39.0. The summed E-state index contributed by atoms with van der Waals surface area (Å²) in [5.41, 5.74) is -1.38. The number of carbonyl (C=O) groups is 1. The van der Waals surface area contributed by atoms with Crippen LogP contribution in [0.4, 0.5) is 18.9 Å². The topological polar surface area (TPSA) is 40.5 Å². The Hall–Kier alpha value is -1.72. The van der Waals surface area contributed by atoms with E-state index in [-0.39, 0.29) is 25.9 Å². The van der Waals surface area contributed by atoms with Gasteiger partial charge in [0.25, 0.3) is 6.43 Å². The van der Waals surface area contributed by atoms with Gasteiger partial charge in [-0.05, 0) is 31.0 Å². The largest absolute Gasteiger partial charge is 0.481 e. The molecule has 0 bridgehead atoms. The van der Waals surface area contributed by atoms with Gasteiger partial charge in [-0.25, -0.2) is 13.2 Å². The Morgan fingerprint density at radius 2 is 1.95 bits per heavy atom. The zero-order valence-electron chi connectivity index (χ0n) is 10.2. The highest BCUT2D eigenvalue weighted by Crippen LogP contribution is 2.39. The van der Waals surface area contributed by atoms with Crippen LogP contribution in [0, 0.1) is 11.2 Å². The van der Waals surface area contributed by atoms with Gasteiger partial charge in [-0.2, -0.15) is 0 Å². The molecule has 0 atom stereocenters. The number of benzene rings is 1. The van der Waals surface area contributed by atoms with Gasteiger partial charge >= 0.3 is 5.97 Å². The second-order valence-electron chi connectivity index (χ2n) is 4.73. The van der Waals surface area contributed by atoms with Crippen LogP contribution in [0.25, 0.3) is 0 Å². The van der Waals surface area contributed by atoms with Gasteiger partial charge < -0.3 is 10.0 Å². The summed E-state index contributed by atoms with van der Waals surface area (Å²) in [4.78, 5) is 12.8. The normalized spacial score (nSPS) is 18.6. The minimum atomic E-state index is -2.89. The van der Waals surface area contributed by atoms with Gasteiger partial charge in [0.1, 0.15) is 11.2 Å². The molecular weight excluding hydrogens is 259 g/mol. The third-order valence-corrected chi connectivity index (χ3v) is 3.67. The van der Waals surface area contributed by atoms with E-state index in [4.69, 9.17) is 5.11 Å². The Balaban J connectivity index is 2.12. The van der Waals surface area contributed by atoms with Gasteiger partial charge in [-0.3, -0.25) is 4.79 Å². The van der Waals surface area contributed by atoms with Crippen molar-refractivity contribution in [1.82, 2.24) is 0 Å². The first-order valence-electron chi connectivity index (χ1n) is 5.98. The number of alkyl halides is 2. The smallest absolute Gasteiger partial charge is 0.315 e. The Bertz CT molecular complexity index is 471. The van der Waals surface area contributed by atoms with Crippen LogP contribution in [0.3, 0.4) is 0 Å². The Morgan fingerprint density at radius 1 is 1.32 bits per heavy atom. The molecule has 1 heterocycles. The van der Waals surface area contributed by atoms with Gasteiger partial charge in [0.2, 0.25) is 0 Å². The number of hydrogen-bond acceptors (Lipinski definition) is 2. The minimum Gasteiger partial charge on any atom is -0.481 e. The summed E-state index contributed by atoms with van der Waals surface area (Å²) in [5, 5.41) is 9.00. The fourth-order valence-electron chi connectivity index (χ4n) is 2.36. The maximum absolute atomic E-state index is 13.1. The van der Waals surface area contributed by atoms with Crippen LogP contribution in [0.5, 0.6) is 0 Å². The van der Waals surface area contributed by atoms with Gasteiger partial charge in [0, 0.05) is 18.8 Å². The molecule has 1 aliphatic rings. The summed E-state index contributed by atoms with van der Waals surface area (Å²) in [6.45, 7) is 0.361. The molecule has 0 aromatic heterocycles. The molecule has 3 nitrogen and oxygen atoms in total. The van der Waals surface area contributed by atoms with Crippen LogP contribution in [0.15, 0.2) is 24.3 Å². The number of halogens is 3. The Kier molecular flexibility index (Phi) is 3.68. The van der Waals surface area contributed by atoms with E-state index in [1.54, 1.807) is 11.0 Å². The number of anilines is 1. The predicted molar refractivity (Wildman–Crippen MR) is 63.9 cm³/mol. The van der Waals surface area contributed by atoms with Crippen molar-refractivity contribution in [2.45, 2.75) is 19.3 Å². The van der Waals surface area contributed by atoms with E-state index < -0.39 is 23.6 Å². The summed E-state index contributed by atoms with van der Waals surface area (Å²) >= 11 is 0. The second kappa shape index (κ2) is 5.11. The number of hydrogen-bond donors (Lipinski definition) is 1. The van der Waals surface area contributed by atoms with Crippen LogP contribution in [-0.4, -0.2) is 30.6 Å². The number of nitrogens with zero attached hydrogens (tertiary/aromatic N) is 1. The molecule has 0 aliphatic carbocycles. The third-order valence-electron chi connectivity index (χ3n) is 3.67. The van der Waals surface area contributed by atoms with E-state index >= 15 is 0 Å². The second-order valence-corrected chi connectivity index (χ2v) is 4.73. The van der Waals surface area contributed by atoms with Crippen molar-refractivity contribution >= 4 is 11.7 Å². The van der Waals surface area contributed by atoms with E-state index in [0.717, 1.165) is 0 Å². The van der Waals surface area contributed by atoms with Crippen molar-refractivity contribution in [1.29, 1.82) is 0 Å². The van der Waals surface area contributed by atoms with Crippen molar-refractivity contribution in [2.24, 2.45) is 5.41 Å². The lowest BCUT2D eigenvalue weighted by Gasteiger charge is -2.39. The quantitative estimate of drug-likeness (QED) is 0.920. The Labute approximate surface area is 108 Å². The van der Waals surface area contributed by atoms with Crippen molar-refractivity contribution in [3.8, 4) is 0 Å². The molecule has 0 radical (unpaired) electrons. The summed E-state index contributed by atoms with van der Waals surface area (Å²) in [6, 6.07) is 5.83. The van der Waals surface area contributed by atoms with Gasteiger partial charge in [-0.1, -0.05) is 6.07 Å². The summed E-state index contributed by atoms with van der Waals surface area (Å²) in [5.74, 6) is -1.86. The molecule has 1 saturated heterocycles. The average Bonchev–Trinajstić information content (AvgIpc) is 2.38. The average molecular weight is 273 g/mol. The first-order chi connectivity index (χ1) is 8.95. The Morgan fingerprint density at radius 3 is 2.42 bits per heavy atom. The van der Waals surface area contributed by atoms with E-state index in [0.29, 0.717) is 5.69 Å². The fourth-order valence-corrected chi connectivity index (χ4v) is 2.36. The number of carboxylic acid groups (broad SMARTS) is 1. The molecule has 1 N–H and O–H groups in total. The van der Waals surface area contributed by atoms with Crippen LogP contribution in [-0.2, 0) is 4.79 Å². The van der Waals surface area contributed by atoms with Gasteiger partial charge in [0.15, 0.2) is 0 Å². The number of piperidine rings is 1. The fraction of sp³-hybridized carbons (Fsp3) is 0.462. The van der Waals surface area contributed by atoms with Crippen LogP contribution >= 0.6 is 0 Å². The van der Waals surface area contributed by atoms with Crippen molar-refractivity contribution in [2.75, 3.05) is 18.0 Å². The molecule has 104 valence electrons. The molecular formula is C13H14F3NO2. The maximum atomic E-state index is 13.1. The first kappa shape index (κ1) is 13.7. The van der Waals surface area contributed by atoms with Crippen molar-refractivity contribution < 1.29 is 23.1 Å². The van der Waals surface area contributed by atoms with E-state index in [1.807, 2.05) is 0 Å². The summed E-state index contributed by atoms with van der Waals surface area (Å²) in [7, 11) is 0. The highest BCUT2D eigenvalue weighted by atomic mass is 19.3. The lowest BCUT2D eigenvalue weighted by Crippen LogP contribution is -2.48. The lowest BCUT2D eigenvalue weighted by molar-refractivity contribution is -0.161. The first-order valence-corrected chi connectivity index (χ1v) is 5.98. The molecule has 1 fully saturated rings. The molecule has 0 amide bonds. The predicted octanol–water partition coefficient (Wildman–Crippen LogP) is 2.76. The standard InChI is InChI=1S/C13H14F3NO2/c14-9-2-1-3-10(8-9)17-6-4-13(5-7-17,11(15)16)12(18)19/h1-3,8,11H,4-7H2,(H,18,19). The molecule has 19 heavy (non-hydrogen) atoms. The SMILES string of the molecule is O=C(O)C1(C(F)F)CCN(c2cccc(F)c2)CC1. The number of carboxylic acids is 1. The highest BCUT2D eigenvalue weighted by Gasteiger charge is 2.49. The molecule has 6 heteroatoms. The zero-order valence-corrected chi connectivity index (χ0v) is 10.2. The maximum Gasteiger partial charge on any atom is 0.315 e. The van der Waals surface area contributed by atoms with Crippen molar-refractivity contribution in [3.05, 3.63) is 30.1 Å². The van der Waals surface area contributed by atoms with Crippen LogP contribution in [0.1, 0.15) is 12.8 Å². The zero-order chi connectivity index (χ0) is 14.0. The third kappa shape index (κ3) is 2.52. The molecule has 0 spiro atoms. The van der Waals surface area contributed by atoms with Crippen molar-refractivity contribution in [3.63, 3.8) is 0 Å². The molecule has 1 aromatic rings. The minimum absolute atomic E-state index is 0.142. The monoisotopic (exact) mass is 273 g/mol.